The molecule has 2 unspecified atom stereocenters. The molecular formula is C17H31F3N4O2S. The van der Waals surface area contributed by atoms with E-state index in [-0.39, 0.29) is 19.0 Å². The summed E-state index contributed by atoms with van der Waals surface area (Å²) in [5, 5.41) is 6.68. The molecule has 0 aromatic rings. The summed E-state index contributed by atoms with van der Waals surface area (Å²) >= 11 is 0. The van der Waals surface area contributed by atoms with E-state index >= 15 is 0 Å². The van der Waals surface area contributed by atoms with Crippen LogP contribution in [0.15, 0.2) is 4.99 Å². The Kier molecular flexibility index (Phi) is 7.79. The van der Waals surface area contributed by atoms with Crippen molar-refractivity contribution in [2.45, 2.75) is 63.9 Å². The van der Waals surface area contributed by atoms with Gasteiger partial charge in [-0.15, -0.1) is 0 Å². The third-order valence-electron chi connectivity index (χ3n) is 5.33. The van der Waals surface area contributed by atoms with Crippen molar-refractivity contribution in [1.82, 2.24) is 14.9 Å². The van der Waals surface area contributed by atoms with Gasteiger partial charge in [-0.1, -0.05) is 19.8 Å². The number of piperidine rings is 1. The number of hydrogen-bond donors (Lipinski definition) is 2. The molecule has 0 aromatic carbocycles. The van der Waals surface area contributed by atoms with Crippen LogP contribution in [-0.2, 0) is 10.0 Å². The molecular weight excluding hydrogens is 381 g/mol. The standard InChI is InChI=1S/C17H31F3N4O2S/c1-3-21-16(23-15-6-4-5-13(2)11-15)22-12-14-7-9-24(10-8-14)27(25,26)17(18,19)20/h13-15H,3-12H2,1-2H3,(H2,21,22,23). The maximum absolute atomic E-state index is 12.6. The molecule has 1 heterocycles. The molecule has 1 aliphatic heterocycles. The fourth-order valence-electron chi connectivity index (χ4n) is 3.78. The van der Waals surface area contributed by atoms with Crippen molar-refractivity contribution in [3.63, 3.8) is 0 Å². The molecule has 1 saturated heterocycles. The lowest BCUT2D eigenvalue weighted by molar-refractivity contribution is -0.0496. The largest absolute Gasteiger partial charge is 0.511 e. The molecule has 0 radical (unpaired) electrons. The maximum Gasteiger partial charge on any atom is 0.511 e. The molecule has 158 valence electrons. The number of halogens is 3. The summed E-state index contributed by atoms with van der Waals surface area (Å²) in [5.41, 5.74) is -5.22. The Balaban J connectivity index is 1.86. The highest BCUT2D eigenvalue weighted by Gasteiger charge is 2.50. The number of hydrogen-bond acceptors (Lipinski definition) is 3. The molecule has 0 amide bonds. The quantitative estimate of drug-likeness (QED) is 0.538. The predicted molar refractivity (Wildman–Crippen MR) is 99.8 cm³/mol. The SMILES string of the molecule is CCNC(=NCC1CCN(S(=O)(=O)C(F)(F)F)CC1)NC1CCCC(C)C1. The van der Waals surface area contributed by atoms with Gasteiger partial charge in [-0.05, 0) is 44.4 Å². The average molecular weight is 413 g/mol. The van der Waals surface area contributed by atoms with Crippen LogP contribution in [0.1, 0.15) is 52.4 Å². The summed E-state index contributed by atoms with van der Waals surface area (Å²) in [7, 11) is -5.21. The Morgan fingerprint density at radius 2 is 1.85 bits per heavy atom. The van der Waals surface area contributed by atoms with Crippen LogP contribution in [0.25, 0.3) is 0 Å². The minimum Gasteiger partial charge on any atom is -0.357 e. The van der Waals surface area contributed by atoms with E-state index in [1.54, 1.807) is 0 Å². The van der Waals surface area contributed by atoms with Crippen molar-refractivity contribution < 1.29 is 21.6 Å². The minimum atomic E-state index is -5.22. The molecule has 2 atom stereocenters. The molecule has 2 rings (SSSR count). The number of rotatable bonds is 5. The van der Waals surface area contributed by atoms with Gasteiger partial charge in [-0.2, -0.15) is 17.5 Å². The second-order valence-electron chi connectivity index (χ2n) is 7.63. The van der Waals surface area contributed by atoms with Crippen LogP contribution in [0.2, 0.25) is 0 Å². The summed E-state index contributed by atoms with van der Waals surface area (Å²) in [6, 6.07) is 0.394. The molecule has 2 fully saturated rings. The first-order valence-corrected chi connectivity index (χ1v) is 11.2. The van der Waals surface area contributed by atoms with E-state index in [4.69, 9.17) is 0 Å². The van der Waals surface area contributed by atoms with Gasteiger partial charge in [0.05, 0.1) is 0 Å². The lowest BCUT2D eigenvalue weighted by Crippen LogP contribution is -2.46. The van der Waals surface area contributed by atoms with Gasteiger partial charge in [0, 0.05) is 32.2 Å². The summed E-state index contributed by atoms with van der Waals surface area (Å²) in [5.74, 6) is 1.52. The number of alkyl halides is 3. The van der Waals surface area contributed by atoms with Gasteiger partial charge in [0.1, 0.15) is 0 Å². The molecule has 0 spiro atoms. The van der Waals surface area contributed by atoms with Gasteiger partial charge in [0.2, 0.25) is 0 Å². The molecule has 10 heteroatoms. The Bertz CT molecular complexity index is 602. The second kappa shape index (κ2) is 9.45. The highest BCUT2D eigenvalue weighted by molar-refractivity contribution is 7.90. The molecule has 6 nitrogen and oxygen atoms in total. The van der Waals surface area contributed by atoms with Gasteiger partial charge in [-0.25, -0.2) is 8.42 Å². The van der Waals surface area contributed by atoms with Crippen LogP contribution in [-0.4, -0.2) is 56.4 Å². The Labute approximate surface area is 160 Å². The van der Waals surface area contributed by atoms with Crippen molar-refractivity contribution in [2.24, 2.45) is 16.8 Å². The molecule has 2 N–H and O–H groups in total. The van der Waals surface area contributed by atoms with E-state index in [2.05, 4.69) is 22.5 Å². The normalized spacial score (nSPS) is 26.8. The minimum absolute atomic E-state index is 0.0884. The fraction of sp³-hybridized carbons (Fsp3) is 0.941. The van der Waals surface area contributed by atoms with Gasteiger partial charge >= 0.3 is 15.5 Å². The topological polar surface area (TPSA) is 73.8 Å². The zero-order valence-corrected chi connectivity index (χ0v) is 16.9. The first kappa shape index (κ1) is 22.3. The zero-order chi connectivity index (χ0) is 20.1. The van der Waals surface area contributed by atoms with Crippen LogP contribution in [0.3, 0.4) is 0 Å². The van der Waals surface area contributed by atoms with Crippen molar-refractivity contribution >= 4 is 16.0 Å². The Morgan fingerprint density at radius 3 is 2.41 bits per heavy atom. The third-order valence-corrected chi connectivity index (χ3v) is 6.96. The number of aliphatic imine (C=N–C) groups is 1. The van der Waals surface area contributed by atoms with Gasteiger partial charge < -0.3 is 10.6 Å². The fourth-order valence-corrected chi connectivity index (χ4v) is 4.76. The highest BCUT2D eigenvalue weighted by atomic mass is 32.2. The summed E-state index contributed by atoms with van der Waals surface area (Å²) in [4.78, 5) is 4.60. The Morgan fingerprint density at radius 1 is 1.19 bits per heavy atom. The zero-order valence-electron chi connectivity index (χ0n) is 16.1. The number of nitrogens with zero attached hydrogens (tertiary/aromatic N) is 2. The first-order chi connectivity index (χ1) is 12.6. The third kappa shape index (κ3) is 6.23. The number of sulfonamides is 1. The van der Waals surface area contributed by atoms with Gasteiger partial charge in [-0.3, -0.25) is 4.99 Å². The molecule has 1 saturated carbocycles. The molecule has 0 bridgehead atoms. The van der Waals surface area contributed by atoms with Gasteiger partial charge in [0.15, 0.2) is 5.96 Å². The summed E-state index contributed by atoms with van der Waals surface area (Å²) < 4.78 is 61.4. The molecule has 0 aromatic heterocycles. The lowest BCUT2D eigenvalue weighted by atomic mass is 9.87. The van der Waals surface area contributed by atoms with Crippen LogP contribution in [0.5, 0.6) is 0 Å². The van der Waals surface area contributed by atoms with E-state index in [0.717, 1.165) is 25.3 Å². The van der Waals surface area contributed by atoms with Crippen molar-refractivity contribution in [1.29, 1.82) is 0 Å². The molecule has 2 aliphatic rings. The molecule has 27 heavy (non-hydrogen) atoms. The number of guanidine groups is 1. The van der Waals surface area contributed by atoms with Gasteiger partial charge in [0.25, 0.3) is 0 Å². The molecule has 1 aliphatic carbocycles. The van der Waals surface area contributed by atoms with Crippen molar-refractivity contribution in [3.05, 3.63) is 0 Å². The van der Waals surface area contributed by atoms with E-state index in [0.29, 0.717) is 35.7 Å². The maximum atomic E-state index is 12.6. The Hall–Kier alpha value is -1.03. The van der Waals surface area contributed by atoms with E-state index in [1.807, 2.05) is 6.92 Å². The van der Waals surface area contributed by atoms with Crippen molar-refractivity contribution in [3.8, 4) is 0 Å². The van der Waals surface area contributed by atoms with Crippen molar-refractivity contribution in [2.75, 3.05) is 26.2 Å². The summed E-state index contributed by atoms with van der Waals surface area (Å²) in [6.07, 6.45) is 5.45. The lowest BCUT2D eigenvalue weighted by Gasteiger charge is -2.31. The van der Waals surface area contributed by atoms with E-state index < -0.39 is 15.5 Å². The van der Waals surface area contributed by atoms with E-state index in [9.17, 15) is 21.6 Å². The number of nitrogens with one attached hydrogen (secondary N) is 2. The summed E-state index contributed by atoms with van der Waals surface area (Å²) in [6.45, 7) is 5.24. The smallest absolute Gasteiger partial charge is 0.357 e. The second-order valence-corrected chi connectivity index (χ2v) is 9.56. The van der Waals surface area contributed by atoms with Crippen LogP contribution < -0.4 is 10.6 Å². The first-order valence-electron chi connectivity index (χ1n) is 9.74. The van der Waals surface area contributed by atoms with E-state index in [1.165, 1.54) is 12.8 Å². The monoisotopic (exact) mass is 412 g/mol. The van der Waals surface area contributed by atoms with Crippen LogP contribution in [0.4, 0.5) is 13.2 Å². The average Bonchev–Trinajstić information content (AvgIpc) is 2.59. The van der Waals surface area contributed by atoms with Crippen LogP contribution >= 0.6 is 0 Å². The predicted octanol–water partition coefficient (Wildman–Crippen LogP) is 2.68. The van der Waals surface area contributed by atoms with Crippen LogP contribution in [0, 0.1) is 11.8 Å². The highest BCUT2D eigenvalue weighted by Crippen LogP contribution is 2.30.